The minimum Gasteiger partial charge on any atom is -0.329 e. The monoisotopic (exact) mass is 212 g/mol. The Morgan fingerprint density at radius 3 is 2.08 bits per heavy atom. The van der Waals surface area contributed by atoms with Crippen LogP contribution in [0.25, 0.3) is 0 Å². The molecule has 0 unspecified atom stereocenters. The highest BCUT2D eigenvalue weighted by Gasteiger charge is 2.13. The van der Waals surface area contributed by atoms with Crippen molar-refractivity contribution in [3.8, 4) is 0 Å². The summed E-state index contributed by atoms with van der Waals surface area (Å²) in [4.78, 5) is 0. The van der Waals surface area contributed by atoms with Gasteiger partial charge in [0.1, 0.15) is 13.2 Å². The van der Waals surface area contributed by atoms with Crippen molar-refractivity contribution in [2.45, 2.75) is 6.92 Å². The van der Waals surface area contributed by atoms with E-state index in [1.54, 1.807) is 6.92 Å². The highest BCUT2D eigenvalue weighted by Crippen LogP contribution is 1.97. The molecule has 0 spiro atoms. The van der Waals surface area contributed by atoms with Crippen molar-refractivity contribution in [1.29, 1.82) is 0 Å². The van der Waals surface area contributed by atoms with E-state index in [1.165, 1.54) is 0 Å². The zero-order valence-electron chi connectivity index (χ0n) is 8.61. The zero-order chi connectivity index (χ0) is 10.5. The lowest BCUT2D eigenvalue weighted by Crippen LogP contribution is -2.38. The lowest BCUT2D eigenvalue weighted by atomic mass is 10.5. The number of hydrogen-bond donors (Lipinski definition) is 0. The Balaban J connectivity index is 3.77. The smallest absolute Gasteiger partial charge is 0.329 e. The van der Waals surface area contributed by atoms with Crippen molar-refractivity contribution in [1.82, 2.24) is 0 Å². The average Bonchev–Trinajstić information content (AvgIpc) is 1.82. The minimum absolute atomic E-state index is 0.104. The Morgan fingerprint density at radius 2 is 1.69 bits per heavy atom. The summed E-state index contributed by atoms with van der Waals surface area (Å²) < 4.78 is 31.4. The van der Waals surface area contributed by atoms with Gasteiger partial charge in [-0.15, -0.1) is 0 Å². The van der Waals surface area contributed by atoms with Crippen molar-refractivity contribution in [2.75, 3.05) is 40.9 Å². The van der Waals surface area contributed by atoms with Gasteiger partial charge in [0.2, 0.25) is 0 Å². The Labute approximate surface area is 80.2 Å². The first-order valence-corrected chi connectivity index (χ1v) is 5.44. The van der Waals surface area contributed by atoms with Crippen molar-refractivity contribution in [3.63, 3.8) is 0 Å². The van der Waals surface area contributed by atoms with E-state index in [1.807, 2.05) is 21.1 Å². The molecule has 0 rings (SSSR count). The predicted molar refractivity (Wildman–Crippen MR) is 49.4 cm³/mol. The highest BCUT2D eigenvalue weighted by molar-refractivity contribution is 7.81. The van der Waals surface area contributed by atoms with E-state index in [9.17, 15) is 8.42 Å². The zero-order valence-corrected chi connectivity index (χ0v) is 9.43. The summed E-state index contributed by atoms with van der Waals surface area (Å²) in [6.45, 7) is 2.46. The Hall–Kier alpha value is -0.170. The van der Waals surface area contributed by atoms with Gasteiger partial charge in [-0.2, -0.15) is 8.42 Å². The number of nitrogens with zero attached hydrogens (tertiary/aromatic N) is 1. The predicted octanol–water partition coefficient (Wildman–Crippen LogP) is -0.00950. The molecule has 0 radical (unpaired) electrons. The first-order valence-electron chi connectivity index (χ1n) is 4.11. The fourth-order valence-corrected chi connectivity index (χ4v) is 1.23. The molecule has 6 heteroatoms. The normalized spacial score (nSPS) is 13.2. The molecule has 0 aromatic carbocycles. The SMILES string of the molecule is CCOS(=O)(=O)OCC[N+](C)(C)C. The molecule has 0 amide bonds. The van der Waals surface area contributed by atoms with Crippen LogP contribution in [0, 0.1) is 0 Å². The van der Waals surface area contributed by atoms with E-state index in [0.717, 1.165) is 0 Å². The standard InChI is InChI=1S/C7H18NO4S/c1-5-11-13(9,10)12-7-6-8(2,3)4/h5-7H2,1-4H3/q+1. The van der Waals surface area contributed by atoms with Crippen LogP contribution < -0.4 is 0 Å². The number of hydrogen-bond acceptors (Lipinski definition) is 4. The summed E-state index contributed by atoms with van der Waals surface area (Å²) in [5.41, 5.74) is 0. The molecule has 0 N–H and O–H groups in total. The second kappa shape index (κ2) is 4.90. The summed E-state index contributed by atoms with van der Waals surface area (Å²) in [5, 5.41) is 0. The van der Waals surface area contributed by atoms with Crippen LogP contribution in [0.1, 0.15) is 6.92 Å². The van der Waals surface area contributed by atoms with Crippen molar-refractivity contribution in [2.24, 2.45) is 0 Å². The lowest BCUT2D eigenvalue weighted by Gasteiger charge is -2.23. The molecule has 13 heavy (non-hydrogen) atoms. The van der Waals surface area contributed by atoms with E-state index in [2.05, 4.69) is 8.37 Å². The van der Waals surface area contributed by atoms with Gasteiger partial charge < -0.3 is 4.48 Å². The van der Waals surface area contributed by atoms with Crippen LogP contribution in [0.5, 0.6) is 0 Å². The van der Waals surface area contributed by atoms with Gasteiger partial charge in [-0.05, 0) is 6.92 Å². The van der Waals surface area contributed by atoms with Crippen LogP contribution in [-0.4, -0.2) is 53.8 Å². The number of rotatable bonds is 6. The quantitative estimate of drug-likeness (QED) is 0.581. The van der Waals surface area contributed by atoms with Crippen LogP contribution in [0.3, 0.4) is 0 Å². The Bertz CT molecular complexity index is 229. The third kappa shape index (κ3) is 8.17. The first kappa shape index (κ1) is 12.8. The van der Waals surface area contributed by atoms with Crippen LogP contribution in [-0.2, 0) is 18.8 Å². The van der Waals surface area contributed by atoms with Crippen molar-refractivity contribution in [3.05, 3.63) is 0 Å². The van der Waals surface area contributed by atoms with E-state index in [-0.39, 0.29) is 13.2 Å². The molecule has 5 nitrogen and oxygen atoms in total. The summed E-state index contributed by atoms with van der Waals surface area (Å²) in [6.07, 6.45) is 0. The fraction of sp³-hybridized carbons (Fsp3) is 1.00. The second-order valence-electron chi connectivity index (χ2n) is 3.65. The Kier molecular flexibility index (Phi) is 4.83. The van der Waals surface area contributed by atoms with Crippen molar-refractivity contribution >= 4 is 10.4 Å². The van der Waals surface area contributed by atoms with Gasteiger partial charge in [-0.1, -0.05) is 0 Å². The van der Waals surface area contributed by atoms with Gasteiger partial charge in [0.15, 0.2) is 0 Å². The summed E-state index contributed by atoms with van der Waals surface area (Å²) in [7, 11) is 2.10. The van der Waals surface area contributed by atoms with Crippen LogP contribution in [0.15, 0.2) is 0 Å². The summed E-state index contributed by atoms with van der Waals surface area (Å²) >= 11 is 0. The van der Waals surface area contributed by atoms with Gasteiger partial charge in [0.05, 0.1) is 27.7 Å². The first-order chi connectivity index (χ1) is 5.77. The van der Waals surface area contributed by atoms with Gasteiger partial charge in [-0.25, -0.2) is 8.37 Å². The lowest BCUT2D eigenvalue weighted by molar-refractivity contribution is -0.870. The molecule has 0 aromatic heterocycles. The van der Waals surface area contributed by atoms with Gasteiger partial charge in [0.25, 0.3) is 0 Å². The average molecular weight is 212 g/mol. The molecular weight excluding hydrogens is 194 g/mol. The van der Waals surface area contributed by atoms with E-state index < -0.39 is 10.4 Å². The maximum atomic E-state index is 10.9. The summed E-state index contributed by atoms with van der Waals surface area (Å²) in [6, 6.07) is 0. The number of quaternary nitrogens is 1. The maximum Gasteiger partial charge on any atom is 0.400 e. The van der Waals surface area contributed by atoms with E-state index in [0.29, 0.717) is 11.0 Å². The third-order valence-electron chi connectivity index (χ3n) is 1.25. The van der Waals surface area contributed by atoms with Gasteiger partial charge in [0, 0.05) is 0 Å². The molecule has 0 saturated carbocycles. The van der Waals surface area contributed by atoms with Crippen LogP contribution in [0.2, 0.25) is 0 Å². The fourth-order valence-electron chi connectivity index (χ4n) is 0.592. The molecule has 0 aromatic rings. The van der Waals surface area contributed by atoms with Gasteiger partial charge in [-0.3, -0.25) is 0 Å². The molecule has 0 aliphatic rings. The van der Waals surface area contributed by atoms with Crippen LogP contribution in [0.4, 0.5) is 0 Å². The molecule has 0 heterocycles. The van der Waals surface area contributed by atoms with E-state index >= 15 is 0 Å². The molecule has 0 atom stereocenters. The summed E-state index contributed by atoms with van der Waals surface area (Å²) in [5.74, 6) is 0. The molecule has 80 valence electrons. The minimum atomic E-state index is -3.76. The molecule has 0 aliphatic heterocycles. The topological polar surface area (TPSA) is 52.6 Å². The molecule has 0 bridgehead atoms. The molecule has 0 aliphatic carbocycles. The maximum absolute atomic E-state index is 10.9. The number of likely N-dealkylation sites (N-methyl/N-ethyl adjacent to an activating group) is 1. The van der Waals surface area contributed by atoms with E-state index in [4.69, 9.17) is 0 Å². The molecule has 0 fully saturated rings. The Morgan fingerprint density at radius 1 is 1.15 bits per heavy atom. The molecule has 0 saturated heterocycles. The highest BCUT2D eigenvalue weighted by atomic mass is 32.3. The largest absolute Gasteiger partial charge is 0.400 e. The third-order valence-corrected chi connectivity index (χ3v) is 2.23. The second-order valence-corrected chi connectivity index (χ2v) is 4.94. The van der Waals surface area contributed by atoms with Crippen LogP contribution >= 0.6 is 0 Å². The molecular formula is C7H18NO4S+. The van der Waals surface area contributed by atoms with Crippen molar-refractivity contribution < 1.29 is 21.3 Å². The van der Waals surface area contributed by atoms with Gasteiger partial charge >= 0.3 is 10.4 Å².